The second-order valence-corrected chi connectivity index (χ2v) is 5.32. The smallest absolute Gasteiger partial charge is 0.00201 e. The van der Waals surface area contributed by atoms with E-state index in [1.165, 1.54) is 33.4 Å². The van der Waals surface area contributed by atoms with Gasteiger partial charge in [0.25, 0.3) is 0 Å². The Balaban J connectivity index is 0.000000728. The molecule has 0 unspecified atom stereocenters. The number of hydrogen-bond acceptors (Lipinski definition) is 0. The second-order valence-electron chi connectivity index (χ2n) is 5.32. The van der Waals surface area contributed by atoms with Crippen LogP contribution in [0.3, 0.4) is 0 Å². The molecule has 0 spiro atoms. The van der Waals surface area contributed by atoms with Crippen molar-refractivity contribution in [3.8, 4) is 0 Å². The third-order valence-corrected chi connectivity index (χ3v) is 3.77. The van der Waals surface area contributed by atoms with Gasteiger partial charge in [-0.15, -0.1) is 0 Å². The Kier molecular flexibility index (Phi) is 11.1. The Hall–Kier alpha value is -1.56. The summed E-state index contributed by atoms with van der Waals surface area (Å²) in [6.45, 7) is 16.4. The molecule has 0 aromatic heterocycles. The number of rotatable bonds is 2. The Bertz CT molecular complexity index is 493. The summed E-state index contributed by atoms with van der Waals surface area (Å²) in [6, 6.07) is 0. The molecule has 0 fully saturated rings. The zero-order valence-corrected chi connectivity index (χ0v) is 16.6. The summed E-state index contributed by atoms with van der Waals surface area (Å²) in [4.78, 5) is 0. The van der Waals surface area contributed by atoms with Crippen LogP contribution in [0.15, 0.2) is 69.9 Å². The summed E-state index contributed by atoms with van der Waals surface area (Å²) in [5, 5.41) is 0. The lowest BCUT2D eigenvalue weighted by atomic mass is 9.96. The molecule has 0 heteroatoms. The van der Waals surface area contributed by atoms with Gasteiger partial charge in [-0.3, -0.25) is 0 Å². The highest BCUT2D eigenvalue weighted by atomic mass is 14.2. The van der Waals surface area contributed by atoms with Gasteiger partial charge in [0.05, 0.1) is 0 Å². The lowest BCUT2D eigenvalue weighted by molar-refractivity contribution is 1.06. The fourth-order valence-electron chi connectivity index (χ4n) is 2.73. The van der Waals surface area contributed by atoms with Gasteiger partial charge in [0, 0.05) is 0 Å². The van der Waals surface area contributed by atoms with Crippen LogP contribution in [-0.4, -0.2) is 0 Å². The van der Waals surface area contributed by atoms with Crippen LogP contribution in [-0.2, 0) is 0 Å². The van der Waals surface area contributed by atoms with Gasteiger partial charge in [-0.1, -0.05) is 89.1 Å². The molecule has 0 saturated carbocycles. The molecular weight excluding hydrogens is 276 g/mol. The Labute approximate surface area is 145 Å². The van der Waals surface area contributed by atoms with E-state index in [0.29, 0.717) is 0 Å². The largest absolute Gasteiger partial charge is 0.0689 e. The molecule has 3 aliphatic carbocycles. The average molecular weight is 313 g/mol. The molecule has 3 aliphatic rings. The second kappa shape index (κ2) is 11.9. The molecule has 0 aromatic rings. The van der Waals surface area contributed by atoms with Crippen molar-refractivity contribution in [3.63, 3.8) is 0 Å². The first-order valence-electron chi connectivity index (χ1n) is 9.35. The molecule has 0 radical (unpaired) electrons. The van der Waals surface area contributed by atoms with Crippen LogP contribution >= 0.6 is 0 Å². The van der Waals surface area contributed by atoms with Crippen molar-refractivity contribution in [2.24, 2.45) is 0 Å². The molecule has 0 aliphatic heterocycles. The van der Waals surface area contributed by atoms with Gasteiger partial charge in [-0.2, -0.15) is 0 Å². The SMILES string of the molecule is CC.CC.CC.CC1=CC=C(C2=CC=C(C3=CC=C(C)C3)C2)C1. The normalized spacial score (nSPS) is 17.7. The molecule has 128 valence electrons. The highest BCUT2D eigenvalue weighted by Crippen LogP contribution is 2.37. The zero-order valence-electron chi connectivity index (χ0n) is 16.6. The maximum atomic E-state index is 2.31. The van der Waals surface area contributed by atoms with Gasteiger partial charge in [-0.25, -0.2) is 0 Å². The highest BCUT2D eigenvalue weighted by molar-refractivity contribution is 5.55. The van der Waals surface area contributed by atoms with Gasteiger partial charge in [0.15, 0.2) is 0 Å². The minimum Gasteiger partial charge on any atom is -0.0689 e. The van der Waals surface area contributed by atoms with Crippen molar-refractivity contribution >= 4 is 0 Å². The first kappa shape index (κ1) is 21.4. The van der Waals surface area contributed by atoms with Crippen LogP contribution in [0.5, 0.6) is 0 Å². The van der Waals surface area contributed by atoms with Crippen LogP contribution in [0.25, 0.3) is 0 Å². The predicted molar refractivity (Wildman–Crippen MR) is 108 cm³/mol. The fourth-order valence-corrected chi connectivity index (χ4v) is 2.73. The lowest BCUT2D eigenvalue weighted by Gasteiger charge is -2.08. The van der Waals surface area contributed by atoms with Crippen molar-refractivity contribution in [2.75, 3.05) is 0 Å². The summed E-state index contributed by atoms with van der Waals surface area (Å²) in [5.74, 6) is 0. The van der Waals surface area contributed by atoms with Crippen molar-refractivity contribution in [1.82, 2.24) is 0 Å². The summed E-state index contributed by atoms with van der Waals surface area (Å²) in [6.07, 6.45) is 17.1. The first-order chi connectivity index (χ1) is 11.2. The maximum Gasteiger partial charge on any atom is -0.00201 e. The first-order valence-corrected chi connectivity index (χ1v) is 9.35. The van der Waals surface area contributed by atoms with E-state index in [2.05, 4.69) is 50.3 Å². The standard InChI is InChI=1S/C17H18.3C2H6/c1-12-3-5-14(9-12)16-7-8-17(11-16)15-6-4-13(2)10-15;3*1-2/h3-8H,9-11H2,1-2H3;3*1-2H3. The van der Waals surface area contributed by atoms with Gasteiger partial charge >= 0.3 is 0 Å². The summed E-state index contributed by atoms with van der Waals surface area (Å²) >= 11 is 0. The van der Waals surface area contributed by atoms with E-state index in [4.69, 9.17) is 0 Å². The minimum absolute atomic E-state index is 1.12. The van der Waals surface area contributed by atoms with Crippen LogP contribution in [0.2, 0.25) is 0 Å². The van der Waals surface area contributed by atoms with Crippen molar-refractivity contribution in [2.45, 2.75) is 74.7 Å². The van der Waals surface area contributed by atoms with E-state index >= 15 is 0 Å². The summed E-state index contributed by atoms with van der Waals surface area (Å²) in [5.41, 5.74) is 9.00. The molecule has 0 saturated heterocycles. The molecule has 23 heavy (non-hydrogen) atoms. The lowest BCUT2D eigenvalue weighted by Crippen LogP contribution is -1.90. The molecule has 0 atom stereocenters. The molecule has 3 rings (SSSR count). The fraction of sp³-hybridized carbons (Fsp3) is 0.478. The molecular formula is C23H36. The highest BCUT2D eigenvalue weighted by Gasteiger charge is 2.18. The quantitative estimate of drug-likeness (QED) is 0.486. The van der Waals surface area contributed by atoms with Crippen molar-refractivity contribution in [1.29, 1.82) is 0 Å². The van der Waals surface area contributed by atoms with E-state index in [1.807, 2.05) is 41.5 Å². The Morgan fingerprint density at radius 1 is 0.435 bits per heavy atom. The Morgan fingerprint density at radius 3 is 0.957 bits per heavy atom. The monoisotopic (exact) mass is 312 g/mol. The van der Waals surface area contributed by atoms with Gasteiger partial charge in [0.2, 0.25) is 0 Å². The van der Waals surface area contributed by atoms with Crippen LogP contribution < -0.4 is 0 Å². The number of hydrogen-bond donors (Lipinski definition) is 0. The molecule has 0 aromatic carbocycles. The minimum atomic E-state index is 1.12. The number of allylic oxidation sites excluding steroid dienone is 12. The van der Waals surface area contributed by atoms with Crippen LogP contribution in [0.1, 0.15) is 74.7 Å². The van der Waals surface area contributed by atoms with Gasteiger partial charge in [-0.05, 0) is 55.4 Å². The van der Waals surface area contributed by atoms with Gasteiger partial charge < -0.3 is 0 Å². The summed E-state index contributed by atoms with van der Waals surface area (Å²) in [7, 11) is 0. The summed E-state index contributed by atoms with van der Waals surface area (Å²) < 4.78 is 0. The van der Waals surface area contributed by atoms with Crippen LogP contribution in [0, 0.1) is 0 Å². The van der Waals surface area contributed by atoms with Crippen LogP contribution in [0.4, 0.5) is 0 Å². The molecule has 0 amide bonds. The Morgan fingerprint density at radius 2 is 0.696 bits per heavy atom. The molecule has 0 nitrogen and oxygen atoms in total. The third kappa shape index (κ3) is 6.22. The average Bonchev–Trinajstić information content (AvgIpc) is 3.33. The topological polar surface area (TPSA) is 0 Å². The van der Waals surface area contributed by atoms with E-state index in [-0.39, 0.29) is 0 Å². The van der Waals surface area contributed by atoms with Gasteiger partial charge in [0.1, 0.15) is 0 Å². The van der Waals surface area contributed by atoms with E-state index < -0.39 is 0 Å². The van der Waals surface area contributed by atoms with E-state index in [1.54, 1.807) is 0 Å². The predicted octanol–water partition coefficient (Wildman–Crippen LogP) is 7.87. The molecule has 0 heterocycles. The maximum absolute atomic E-state index is 2.31. The van der Waals surface area contributed by atoms with Crippen molar-refractivity contribution < 1.29 is 0 Å². The molecule has 0 N–H and O–H groups in total. The van der Waals surface area contributed by atoms with Crippen molar-refractivity contribution in [3.05, 3.63) is 69.9 Å². The van der Waals surface area contributed by atoms with E-state index in [9.17, 15) is 0 Å². The van der Waals surface area contributed by atoms with E-state index in [0.717, 1.165) is 19.3 Å². The zero-order chi connectivity index (χ0) is 17.8. The molecule has 0 bridgehead atoms. The third-order valence-electron chi connectivity index (χ3n) is 3.77.